The Labute approximate surface area is 121 Å². The lowest BCUT2D eigenvalue weighted by molar-refractivity contribution is 0.0993. The van der Waals surface area contributed by atoms with Crippen LogP contribution in [0.3, 0.4) is 0 Å². The van der Waals surface area contributed by atoms with Crippen LogP contribution in [0.5, 0.6) is 0 Å². The SMILES string of the molecule is CN(C(=O)c1cc[nH]c(=O)c1)c1ccccc1C(N)=S. The number of amides is 1. The fourth-order valence-electron chi connectivity index (χ4n) is 1.86. The van der Waals surface area contributed by atoms with Crippen molar-refractivity contribution in [3.8, 4) is 0 Å². The van der Waals surface area contributed by atoms with Gasteiger partial charge in [-0.05, 0) is 18.2 Å². The molecule has 6 heteroatoms. The van der Waals surface area contributed by atoms with Gasteiger partial charge in [0.05, 0.1) is 5.69 Å². The molecule has 0 aliphatic heterocycles. The van der Waals surface area contributed by atoms with Crippen LogP contribution >= 0.6 is 12.2 Å². The number of benzene rings is 1. The van der Waals surface area contributed by atoms with Gasteiger partial charge in [-0.2, -0.15) is 0 Å². The Hall–Kier alpha value is -2.47. The van der Waals surface area contributed by atoms with Gasteiger partial charge in [-0.3, -0.25) is 9.59 Å². The molecule has 0 saturated heterocycles. The number of aromatic nitrogens is 1. The summed E-state index contributed by atoms with van der Waals surface area (Å²) >= 11 is 4.98. The number of anilines is 1. The third-order valence-electron chi connectivity index (χ3n) is 2.86. The summed E-state index contributed by atoms with van der Waals surface area (Å²) in [6.45, 7) is 0. The van der Waals surface area contributed by atoms with Crippen LogP contribution < -0.4 is 16.2 Å². The summed E-state index contributed by atoms with van der Waals surface area (Å²) < 4.78 is 0. The molecular weight excluding hydrogens is 274 g/mol. The Morgan fingerprint density at radius 1 is 1.30 bits per heavy atom. The molecule has 0 radical (unpaired) electrons. The smallest absolute Gasteiger partial charge is 0.258 e. The highest BCUT2D eigenvalue weighted by Gasteiger charge is 2.17. The molecule has 2 rings (SSSR count). The molecule has 3 N–H and O–H groups in total. The molecule has 102 valence electrons. The van der Waals surface area contributed by atoms with E-state index in [2.05, 4.69) is 4.98 Å². The van der Waals surface area contributed by atoms with E-state index in [0.717, 1.165) is 0 Å². The average molecular weight is 287 g/mol. The number of hydrogen-bond acceptors (Lipinski definition) is 3. The fourth-order valence-corrected chi connectivity index (χ4v) is 2.03. The summed E-state index contributed by atoms with van der Waals surface area (Å²) in [6, 6.07) is 9.88. The van der Waals surface area contributed by atoms with Gasteiger partial charge in [0.1, 0.15) is 4.99 Å². The van der Waals surface area contributed by atoms with Gasteiger partial charge >= 0.3 is 0 Å². The molecule has 5 nitrogen and oxygen atoms in total. The normalized spacial score (nSPS) is 10.1. The van der Waals surface area contributed by atoms with E-state index >= 15 is 0 Å². The fraction of sp³-hybridized carbons (Fsp3) is 0.0714. The van der Waals surface area contributed by atoms with Crippen molar-refractivity contribution in [3.63, 3.8) is 0 Å². The predicted molar refractivity (Wildman–Crippen MR) is 82.1 cm³/mol. The standard InChI is InChI=1S/C14H13N3O2S/c1-17(11-5-3-2-4-10(11)13(15)20)14(19)9-6-7-16-12(18)8-9/h2-8H,1H3,(H2,15,20)(H,16,18). The summed E-state index contributed by atoms with van der Waals surface area (Å²) in [5.74, 6) is -0.306. The van der Waals surface area contributed by atoms with E-state index in [9.17, 15) is 9.59 Å². The summed E-state index contributed by atoms with van der Waals surface area (Å²) in [7, 11) is 1.61. The van der Waals surface area contributed by atoms with Gasteiger partial charge in [0.2, 0.25) is 5.56 Å². The van der Waals surface area contributed by atoms with Gasteiger partial charge in [-0.1, -0.05) is 24.4 Å². The van der Waals surface area contributed by atoms with Crippen LogP contribution in [0, 0.1) is 0 Å². The van der Waals surface area contributed by atoms with E-state index in [1.54, 1.807) is 37.4 Å². The first kappa shape index (κ1) is 14.0. The Balaban J connectivity index is 2.41. The first-order valence-corrected chi connectivity index (χ1v) is 6.27. The Morgan fingerprint density at radius 3 is 2.65 bits per heavy atom. The number of pyridine rings is 1. The molecule has 0 aliphatic carbocycles. The highest BCUT2D eigenvalue weighted by molar-refractivity contribution is 7.80. The summed E-state index contributed by atoms with van der Waals surface area (Å²) in [5.41, 5.74) is 6.84. The van der Waals surface area contributed by atoms with Crippen LogP contribution in [0.15, 0.2) is 47.4 Å². The highest BCUT2D eigenvalue weighted by atomic mass is 32.1. The van der Waals surface area contributed by atoms with Crippen LogP contribution in [0.4, 0.5) is 5.69 Å². The molecular formula is C14H13N3O2S. The zero-order valence-corrected chi connectivity index (χ0v) is 11.6. The summed E-state index contributed by atoms with van der Waals surface area (Å²) in [5, 5.41) is 0. The van der Waals surface area contributed by atoms with Gasteiger partial charge in [0.15, 0.2) is 0 Å². The minimum absolute atomic E-state index is 0.214. The minimum Gasteiger partial charge on any atom is -0.389 e. The van der Waals surface area contributed by atoms with Gasteiger partial charge in [0.25, 0.3) is 5.91 Å². The summed E-state index contributed by atoms with van der Waals surface area (Å²) in [6.07, 6.45) is 1.43. The lowest BCUT2D eigenvalue weighted by Gasteiger charge is -2.20. The van der Waals surface area contributed by atoms with Crippen LogP contribution in [0.1, 0.15) is 15.9 Å². The largest absolute Gasteiger partial charge is 0.389 e. The van der Waals surface area contributed by atoms with Crippen LogP contribution in [-0.4, -0.2) is 22.9 Å². The lowest BCUT2D eigenvalue weighted by Crippen LogP contribution is -2.29. The zero-order valence-electron chi connectivity index (χ0n) is 10.8. The zero-order chi connectivity index (χ0) is 14.7. The Bertz CT molecular complexity index is 724. The van der Waals surface area contributed by atoms with Gasteiger partial charge < -0.3 is 15.6 Å². The Kier molecular flexibility index (Phi) is 3.95. The third kappa shape index (κ3) is 2.75. The van der Waals surface area contributed by atoms with Crippen molar-refractivity contribution < 1.29 is 4.79 Å². The lowest BCUT2D eigenvalue weighted by atomic mass is 10.1. The number of nitrogens with two attached hydrogens (primary N) is 1. The van der Waals surface area contributed by atoms with E-state index in [4.69, 9.17) is 18.0 Å². The first-order valence-electron chi connectivity index (χ1n) is 5.86. The molecule has 0 unspecified atom stereocenters. The third-order valence-corrected chi connectivity index (χ3v) is 3.08. The number of aromatic amines is 1. The second-order valence-corrected chi connectivity index (χ2v) is 4.63. The van der Waals surface area contributed by atoms with Crippen LogP contribution in [-0.2, 0) is 0 Å². The number of thiocarbonyl (C=S) groups is 1. The maximum absolute atomic E-state index is 12.4. The average Bonchev–Trinajstić information content (AvgIpc) is 2.45. The number of carbonyl (C=O) groups is 1. The number of nitrogens with zero attached hydrogens (tertiary/aromatic N) is 1. The van der Waals surface area contributed by atoms with Crippen molar-refractivity contribution in [1.29, 1.82) is 0 Å². The van der Waals surface area contributed by atoms with Crippen LogP contribution in [0.25, 0.3) is 0 Å². The molecule has 0 spiro atoms. The minimum atomic E-state index is -0.327. The molecule has 1 amide bonds. The van der Waals surface area contributed by atoms with Crippen molar-refractivity contribution in [2.45, 2.75) is 0 Å². The molecule has 0 atom stereocenters. The van der Waals surface area contributed by atoms with Crippen molar-refractivity contribution in [1.82, 2.24) is 4.98 Å². The van der Waals surface area contributed by atoms with Crippen molar-refractivity contribution in [3.05, 3.63) is 64.1 Å². The molecule has 0 bridgehead atoms. The highest BCUT2D eigenvalue weighted by Crippen LogP contribution is 2.20. The topological polar surface area (TPSA) is 79.2 Å². The second-order valence-electron chi connectivity index (χ2n) is 4.19. The maximum Gasteiger partial charge on any atom is 0.258 e. The van der Waals surface area contributed by atoms with Crippen LogP contribution in [0.2, 0.25) is 0 Å². The van der Waals surface area contributed by atoms with Crippen molar-refractivity contribution in [2.24, 2.45) is 5.73 Å². The quantitative estimate of drug-likeness (QED) is 0.834. The molecule has 1 aromatic carbocycles. The molecule has 2 aromatic rings. The molecule has 1 aromatic heterocycles. The number of rotatable bonds is 3. The van der Waals surface area contributed by atoms with Gasteiger partial charge in [0, 0.05) is 30.4 Å². The monoisotopic (exact) mass is 287 g/mol. The predicted octanol–water partition coefficient (Wildman–Crippen LogP) is 1.29. The number of para-hydroxylation sites is 1. The van der Waals surface area contributed by atoms with E-state index < -0.39 is 0 Å². The molecule has 0 saturated carbocycles. The number of carbonyl (C=O) groups excluding carboxylic acids is 1. The van der Waals surface area contributed by atoms with Crippen molar-refractivity contribution >= 4 is 28.8 Å². The number of H-pyrrole nitrogens is 1. The molecule has 1 heterocycles. The van der Waals surface area contributed by atoms with E-state index in [1.807, 2.05) is 0 Å². The second kappa shape index (κ2) is 5.66. The van der Waals surface area contributed by atoms with E-state index in [1.165, 1.54) is 17.2 Å². The maximum atomic E-state index is 12.4. The van der Waals surface area contributed by atoms with Crippen molar-refractivity contribution in [2.75, 3.05) is 11.9 Å². The summed E-state index contributed by atoms with van der Waals surface area (Å²) in [4.78, 5) is 27.7. The van der Waals surface area contributed by atoms with E-state index in [-0.39, 0.29) is 16.5 Å². The molecule has 0 fully saturated rings. The van der Waals surface area contributed by atoms with E-state index in [0.29, 0.717) is 16.8 Å². The Morgan fingerprint density at radius 2 is 2.00 bits per heavy atom. The number of nitrogens with one attached hydrogen (secondary N) is 1. The molecule has 20 heavy (non-hydrogen) atoms. The first-order chi connectivity index (χ1) is 9.50. The van der Waals surface area contributed by atoms with Gasteiger partial charge in [-0.15, -0.1) is 0 Å². The number of hydrogen-bond donors (Lipinski definition) is 2. The molecule has 0 aliphatic rings. The van der Waals surface area contributed by atoms with Gasteiger partial charge in [-0.25, -0.2) is 0 Å².